The third kappa shape index (κ3) is 3.95. The average Bonchev–Trinajstić information content (AvgIpc) is 3.07. The van der Waals surface area contributed by atoms with Gasteiger partial charge in [0.05, 0.1) is 11.4 Å². The Kier molecular flexibility index (Phi) is 5.33. The molecule has 0 spiro atoms. The summed E-state index contributed by atoms with van der Waals surface area (Å²) in [4.78, 5) is 17.9. The molecule has 5 rings (SSSR count). The monoisotopic (exact) mass is 433 g/mol. The molecule has 8 nitrogen and oxygen atoms in total. The van der Waals surface area contributed by atoms with Gasteiger partial charge in [-0.05, 0) is 51.4 Å². The van der Waals surface area contributed by atoms with Crippen LogP contribution in [0.2, 0.25) is 0 Å². The van der Waals surface area contributed by atoms with Crippen molar-refractivity contribution in [3.63, 3.8) is 0 Å². The van der Waals surface area contributed by atoms with Gasteiger partial charge in [0.1, 0.15) is 0 Å². The maximum Gasteiger partial charge on any atom is 0.255 e. The number of aryl methyl sites for hydroxylation is 3. The van der Waals surface area contributed by atoms with Gasteiger partial charge < -0.3 is 9.47 Å². The van der Waals surface area contributed by atoms with E-state index in [1.165, 1.54) is 5.56 Å². The van der Waals surface area contributed by atoms with Crippen LogP contribution in [-0.4, -0.2) is 49.6 Å². The number of nitrogens with zero attached hydrogens (tertiary/aromatic N) is 7. The van der Waals surface area contributed by atoms with Crippen LogP contribution in [0.1, 0.15) is 40.5 Å². The minimum Gasteiger partial charge on any atom is -0.354 e. The van der Waals surface area contributed by atoms with Gasteiger partial charge in [0, 0.05) is 68.7 Å². The van der Waals surface area contributed by atoms with E-state index in [2.05, 4.69) is 50.5 Å². The van der Waals surface area contributed by atoms with Crippen LogP contribution in [0.5, 0.6) is 0 Å². The van der Waals surface area contributed by atoms with E-state index < -0.39 is 0 Å². The van der Waals surface area contributed by atoms with Gasteiger partial charge in [-0.2, -0.15) is 10.2 Å². The van der Waals surface area contributed by atoms with Crippen molar-refractivity contribution in [2.45, 2.75) is 45.8 Å². The predicted molar refractivity (Wildman–Crippen MR) is 124 cm³/mol. The van der Waals surface area contributed by atoms with E-state index in [0.29, 0.717) is 18.4 Å². The molecule has 32 heavy (non-hydrogen) atoms. The highest BCUT2D eigenvalue weighted by atomic mass is 16.1. The summed E-state index contributed by atoms with van der Waals surface area (Å²) in [7, 11) is 4.00. The van der Waals surface area contributed by atoms with Crippen molar-refractivity contribution in [2.24, 2.45) is 13.0 Å². The van der Waals surface area contributed by atoms with Crippen LogP contribution < -0.4 is 10.5 Å². The largest absolute Gasteiger partial charge is 0.354 e. The first-order valence-corrected chi connectivity index (χ1v) is 11.3. The lowest BCUT2D eigenvalue weighted by Gasteiger charge is -2.43. The molecule has 2 atom stereocenters. The lowest BCUT2D eigenvalue weighted by molar-refractivity contribution is 0.275. The number of hydrogen-bond donors (Lipinski definition) is 0. The molecule has 3 aromatic heterocycles. The van der Waals surface area contributed by atoms with Crippen molar-refractivity contribution in [2.75, 3.05) is 25.0 Å². The number of aromatic nitrogens is 5. The van der Waals surface area contributed by atoms with Crippen LogP contribution in [0.25, 0.3) is 0 Å². The predicted octanol–water partition coefficient (Wildman–Crippen LogP) is 2.24. The summed E-state index contributed by atoms with van der Waals surface area (Å²) in [5.74, 6) is 1.74. The molecule has 2 aliphatic heterocycles. The van der Waals surface area contributed by atoms with Crippen LogP contribution in [0, 0.1) is 19.8 Å². The fraction of sp³-hybridized carbons (Fsp3) is 0.500. The lowest BCUT2D eigenvalue weighted by Crippen LogP contribution is -2.48. The zero-order valence-electron chi connectivity index (χ0n) is 19.3. The van der Waals surface area contributed by atoms with Gasteiger partial charge in [-0.1, -0.05) is 6.07 Å². The molecule has 0 saturated carbocycles. The zero-order valence-corrected chi connectivity index (χ0v) is 19.3. The number of piperidine rings is 1. The van der Waals surface area contributed by atoms with Gasteiger partial charge in [-0.3, -0.25) is 14.4 Å². The first-order valence-electron chi connectivity index (χ1n) is 11.3. The van der Waals surface area contributed by atoms with E-state index in [9.17, 15) is 4.79 Å². The van der Waals surface area contributed by atoms with Gasteiger partial charge in [0.2, 0.25) is 0 Å². The average molecular weight is 434 g/mol. The Morgan fingerprint density at radius 2 is 1.84 bits per heavy atom. The fourth-order valence-corrected chi connectivity index (χ4v) is 5.30. The Balaban J connectivity index is 1.34. The summed E-state index contributed by atoms with van der Waals surface area (Å²) < 4.78 is 3.88. The van der Waals surface area contributed by atoms with Gasteiger partial charge in [0.25, 0.3) is 5.56 Å². The van der Waals surface area contributed by atoms with Crippen molar-refractivity contribution < 1.29 is 0 Å². The molecule has 1 saturated heterocycles. The van der Waals surface area contributed by atoms with Gasteiger partial charge in [-0.25, -0.2) is 0 Å². The van der Waals surface area contributed by atoms with Gasteiger partial charge >= 0.3 is 0 Å². The van der Waals surface area contributed by atoms with Crippen molar-refractivity contribution in [1.82, 2.24) is 29.4 Å². The summed E-state index contributed by atoms with van der Waals surface area (Å²) in [5, 5.41) is 13.0. The molecule has 0 radical (unpaired) electrons. The molecule has 0 aromatic carbocycles. The third-order valence-electron chi connectivity index (χ3n) is 6.79. The molecule has 0 N–H and O–H groups in total. The minimum absolute atomic E-state index is 0.163. The molecule has 0 unspecified atom stereocenters. The number of pyridine rings is 1. The van der Waals surface area contributed by atoms with Crippen molar-refractivity contribution in [3.8, 4) is 0 Å². The van der Waals surface area contributed by atoms with Crippen LogP contribution in [-0.2, 0) is 26.7 Å². The van der Waals surface area contributed by atoms with Crippen LogP contribution in [0.15, 0.2) is 35.3 Å². The first kappa shape index (κ1) is 20.9. The zero-order chi connectivity index (χ0) is 22.4. The molecular formula is C24H31N7O. The third-order valence-corrected chi connectivity index (χ3v) is 6.79. The molecule has 8 heteroatoms. The number of hydrogen-bond acceptors (Lipinski definition) is 6. The normalized spacial score (nSPS) is 20.0. The standard InChI is InChI=1S/C24H31N7O/c1-16-5-8-23(26-25-16)30-10-18-9-20(15-30)22-7-6-19(24(32)31(22)11-18)12-28(3)13-21-14-29(4)27-17(21)2/h5-8,14,18,20H,9-13,15H2,1-4H3/t18-,20+/m0/s1. The molecule has 1 fully saturated rings. The lowest BCUT2D eigenvalue weighted by atomic mass is 9.83. The number of fused-ring (bicyclic) bond motifs is 4. The Bertz CT molecular complexity index is 1180. The van der Waals surface area contributed by atoms with E-state index in [1.54, 1.807) is 0 Å². The second-order valence-electron chi connectivity index (χ2n) is 9.52. The Morgan fingerprint density at radius 1 is 1.03 bits per heavy atom. The summed E-state index contributed by atoms with van der Waals surface area (Å²) >= 11 is 0. The van der Waals surface area contributed by atoms with Crippen LogP contribution in [0.4, 0.5) is 5.82 Å². The molecule has 3 aromatic rings. The van der Waals surface area contributed by atoms with Crippen LogP contribution in [0.3, 0.4) is 0 Å². The molecule has 0 amide bonds. The summed E-state index contributed by atoms with van der Waals surface area (Å²) in [5.41, 5.74) is 5.35. The summed E-state index contributed by atoms with van der Waals surface area (Å²) in [6.45, 7) is 7.97. The van der Waals surface area contributed by atoms with Gasteiger partial charge in [-0.15, -0.1) is 5.10 Å². The second kappa shape index (κ2) is 8.16. The van der Waals surface area contributed by atoms with E-state index >= 15 is 0 Å². The Morgan fingerprint density at radius 3 is 2.56 bits per heavy atom. The van der Waals surface area contributed by atoms with E-state index in [-0.39, 0.29) is 5.56 Å². The summed E-state index contributed by atoms with van der Waals surface area (Å²) in [6.07, 6.45) is 3.19. The molecule has 168 valence electrons. The van der Waals surface area contributed by atoms with E-state index in [4.69, 9.17) is 0 Å². The first-order chi connectivity index (χ1) is 15.4. The molecule has 5 heterocycles. The van der Waals surface area contributed by atoms with E-state index in [1.807, 2.05) is 42.3 Å². The van der Waals surface area contributed by atoms with Gasteiger partial charge in [0.15, 0.2) is 5.82 Å². The van der Waals surface area contributed by atoms with E-state index in [0.717, 1.165) is 61.1 Å². The summed E-state index contributed by atoms with van der Waals surface area (Å²) in [6, 6.07) is 8.27. The minimum atomic E-state index is 0.163. The van der Waals surface area contributed by atoms with Crippen LogP contribution >= 0.6 is 0 Å². The number of rotatable bonds is 5. The topological polar surface area (TPSA) is 72.1 Å². The number of anilines is 1. The fourth-order valence-electron chi connectivity index (χ4n) is 5.30. The highest BCUT2D eigenvalue weighted by Gasteiger charge is 2.35. The molecule has 0 aliphatic carbocycles. The molecular weight excluding hydrogens is 402 g/mol. The highest BCUT2D eigenvalue weighted by molar-refractivity contribution is 5.40. The van der Waals surface area contributed by atoms with Crippen molar-refractivity contribution in [3.05, 3.63) is 69.0 Å². The maximum atomic E-state index is 13.4. The molecule has 2 bridgehead atoms. The molecule has 2 aliphatic rings. The smallest absolute Gasteiger partial charge is 0.255 e. The Hall–Kier alpha value is -3.00. The Labute approximate surface area is 188 Å². The van der Waals surface area contributed by atoms with Crippen molar-refractivity contribution in [1.29, 1.82) is 0 Å². The second-order valence-corrected chi connectivity index (χ2v) is 9.52. The SMILES string of the molecule is Cc1ccc(N2C[C@@H]3C[C@H](C2)c2ccc(CN(C)Cc4cn(C)nc4C)c(=O)n2C3)nn1. The highest BCUT2D eigenvalue weighted by Crippen LogP contribution is 2.36. The maximum absolute atomic E-state index is 13.4. The quantitative estimate of drug-likeness (QED) is 0.615. The van der Waals surface area contributed by atoms with Crippen molar-refractivity contribution >= 4 is 5.82 Å².